The predicted octanol–water partition coefficient (Wildman–Crippen LogP) is 0.150. The third-order valence-corrected chi connectivity index (χ3v) is 2.21. The van der Waals surface area contributed by atoms with Gasteiger partial charge in [-0.1, -0.05) is 11.1 Å². The molecule has 0 atom stereocenters. The minimum absolute atomic E-state index is 0.0869. The molecule has 0 bridgehead atoms. The number of carboxylic acids is 1. The molecule has 2 N–H and O–H groups in total. The molecule has 0 unspecified atom stereocenters. The van der Waals surface area contributed by atoms with Gasteiger partial charge in [0.2, 0.25) is 12.1 Å². The zero-order chi connectivity index (χ0) is 12.7. The average molecular weight is 253 g/mol. The molecular formula is C9H7N3O4S. The number of hydrogen-bond donors (Lipinski definition) is 2. The Bertz CT molecular complexity index is 489. The Balaban J connectivity index is 2.90. The van der Waals surface area contributed by atoms with Crippen molar-refractivity contribution in [3.63, 3.8) is 0 Å². The van der Waals surface area contributed by atoms with Crippen molar-refractivity contribution in [1.82, 2.24) is 4.98 Å². The third kappa shape index (κ3) is 3.58. The van der Waals surface area contributed by atoms with Crippen LogP contribution < -0.4 is 5.32 Å². The van der Waals surface area contributed by atoms with E-state index in [9.17, 15) is 9.59 Å². The van der Waals surface area contributed by atoms with Crippen LogP contribution in [0.2, 0.25) is 0 Å². The van der Waals surface area contributed by atoms with E-state index in [1.54, 1.807) is 0 Å². The average Bonchev–Trinajstić information content (AvgIpc) is 2.73. The van der Waals surface area contributed by atoms with Crippen LogP contribution >= 0.6 is 11.3 Å². The van der Waals surface area contributed by atoms with Crippen LogP contribution in [0.15, 0.2) is 10.5 Å². The van der Waals surface area contributed by atoms with Crippen LogP contribution in [-0.2, 0) is 14.4 Å². The van der Waals surface area contributed by atoms with Gasteiger partial charge in [-0.2, -0.15) is 0 Å². The topological polar surface area (TPSA) is 101 Å². The fourth-order valence-electron chi connectivity index (χ4n) is 0.829. The van der Waals surface area contributed by atoms with Crippen molar-refractivity contribution < 1.29 is 19.5 Å². The molecule has 17 heavy (non-hydrogen) atoms. The summed E-state index contributed by atoms with van der Waals surface area (Å²) in [6, 6.07) is 0. The molecule has 0 aromatic carbocycles. The van der Waals surface area contributed by atoms with E-state index in [4.69, 9.17) is 11.5 Å². The molecule has 1 heterocycles. The summed E-state index contributed by atoms with van der Waals surface area (Å²) in [4.78, 5) is 29.4. The number of nitrogens with zero attached hydrogens (tertiary/aromatic N) is 2. The Morgan fingerprint density at radius 2 is 2.59 bits per heavy atom. The quantitative estimate of drug-likeness (QED) is 0.247. The van der Waals surface area contributed by atoms with Gasteiger partial charge in [-0.15, -0.1) is 17.8 Å². The van der Waals surface area contributed by atoms with Crippen LogP contribution in [-0.4, -0.2) is 34.8 Å². The number of oxime groups is 1. The predicted molar refractivity (Wildman–Crippen MR) is 60.8 cm³/mol. The fourth-order valence-corrected chi connectivity index (χ4v) is 1.48. The standard InChI is InChI=1S/C9H7N3O4S/c1-2-3-16-12-7(8(14)15)6-4-17-9(11-6)10-5-13/h1,4-5H,3H2,(H,14,15)(H,10,11,13). The molecular weight excluding hydrogens is 246 g/mol. The Hall–Kier alpha value is -2.40. The van der Waals surface area contributed by atoms with E-state index in [0.717, 1.165) is 11.3 Å². The van der Waals surface area contributed by atoms with Crippen LogP contribution in [0.1, 0.15) is 5.69 Å². The van der Waals surface area contributed by atoms with Crippen LogP contribution in [0.5, 0.6) is 0 Å². The lowest BCUT2D eigenvalue weighted by Crippen LogP contribution is -2.15. The van der Waals surface area contributed by atoms with E-state index in [1.807, 2.05) is 0 Å². The maximum absolute atomic E-state index is 10.9. The van der Waals surface area contributed by atoms with Gasteiger partial charge in [0, 0.05) is 5.38 Å². The summed E-state index contributed by atoms with van der Waals surface area (Å²) in [6.07, 6.45) is 5.36. The Morgan fingerprint density at radius 1 is 1.82 bits per heavy atom. The zero-order valence-electron chi connectivity index (χ0n) is 8.41. The van der Waals surface area contributed by atoms with Gasteiger partial charge in [-0.25, -0.2) is 9.78 Å². The van der Waals surface area contributed by atoms with Gasteiger partial charge >= 0.3 is 5.97 Å². The zero-order valence-corrected chi connectivity index (χ0v) is 9.23. The van der Waals surface area contributed by atoms with Gasteiger partial charge in [0.1, 0.15) is 5.69 Å². The van der Waals surface area contributed by atoms with E-state index in [2.05, 4.69) is 26.2 Å². The second-order valence-corrected chi connectivity index (χ2v) is 3.38. The molecule has 0 aliphatic carbocycles. The van der Waals surface area contributed by atoms with Gasteiger partial charge in [-0.05, 0) is 0 Å². The summed E-state index contributed by atoms with van der Waals surface area (Å²) in [5.74, 6) is 0.839. The van der Waals surface area contributed by atoms with Crippen LogP contribution in [0, 0.1) is 12.3 Å². The molecule has 0 spiro atoms. The smallest absolute Gasteiger partial charge is 0.360 e. The summed E-state index contributed by atoms with van der Waals surface area (Å²) in [6.45, 7) is -0.139. The fraction of sp³-hybridized carbons (Fsp3) is 0.111. The van der Waals surface area contributed by atoms with Crippen LogP contribution in [0.4, 0.5) is 5.13 Å². The van der Waals surface area contributed by atoms with Crippen molar-refractivity contribution in [3.05, 3.63) is 11.1 Å². The minimum atomic E-state index is -1.30. The van der Waals surface area contributed by atoms with E-state index in [1.165, 1.54) is 5.38 Å². The van der Waals surface area contributed by atoms with Crippen molar-refractivity contribution in [2.45, 2.75) is 0 Å². The first-order valence-electron chi connectivity index (χ1n) is 4.21. The molecule has 8 heteroatoms. The number of nitrogens with one attached hydrogen (secondary N) is 1. The second-order valence-electron chi connectivity index (χ2n) is 2.52. The van der Waals surface area contributed by atoms with E-state index in [-0.39, 0.29) is 23.1 Å². The number of anilines is 1. The lowest BCUT2D eigenvalue weighted by Gasteiger charge is -1.96. The highest BCUT2D eigenvalue weighted by Gasteiger charge is 2.17. The first kappa shape index (κ1) is 12.7. The maximum Gasteiger partial charge on any atom is 0.360 e. The van der Waals surface area contributed by atoms with Crippen LogP contribution in [0.3, 0.4) is 0 Å². The van der Waals surface area contributed by atoms with Crippen molar-refractivity contribution in [3.8, 4) is 12.3 Å². The monoisotopic (exact) mass is 253 g/mol. The number of thiazole rings is 1. The molecule has 0 saturated heterocycles. The van der Waals surface area contributed by atoms with Crippen LogP contribution in [0.25, 0.3) is 0 Å². The molecule has 7 nitrogen and oxygen atoms in total. The maximum atomic E-state index is 10.9. The molecule has 1 amide bonds. The second kappa shape index (κ2) is 6.24. The molecule has 0 aliphatic heterocycles. The molecule has 0 fully saturated rings. The summed E-state index contributed by atoms with van der Waals surface area (Å²) in [7, 11) is 0. The highest BCUT2D eigenvalue weighted by Crippen LogP contribution is 2.15. The molecule has 1 rings (SSSR count). The first-order chi connectivity index (χ1) is 8.19. The van der Waals surface area contributed by atoms with Gasteiger partial charge in [0.15, 0.2) is 11.7 Å². The van der Waals surface area contributed by atoms with Crippen molar-refractivity contribution in [1.29, 1.82) is 0 Å². The molecule has 1 aromatic rings. The number of rotatable bonds is 6. The van der Waals surface area contributed by atoms with Gasteiger partial charge in [0.25, 0.3) is 0 Å². The molecule has 0 saturated carbocycles. The van der Waals surface area contributed by atoms with Gasteiger partial charge in [-0.3, -0.25) is 4.79 Å². The van der Waals surface area contributed by atoms with E-state index >= 15 is 0 Å². The number of carboxylic acid groups (broad SMARTS) is 1. The van der Waals surface area contributed by atoms with Gasteiger partial charge in [0.05, 0.1) is 0 Å². The highest BCUT2D eigenvalue weighted by molar-refractivity contribution is 7.14. The number of terminal acetylenes is 1. The lowest BCUT2D eigenvalue weighted by molar-refractivity contribution is -0.129. The normalized spacial score (nSPS) is 10.4. The lowest BCUT2D eigenvalue weighted by atomic mass is 10.3. The number of aromatic nitrogens is 1. The van der Waals surface area contributed by atoms with Crippen molar-refractivity contribution in [2.75, 3.05) is 11.9 Å². The summed E-state index contributed by atoms with van der Waals surface area (Å²) in [5, 5.41) is 16.2. The number of amides is 1. The number of carbonyl (C=O) groups is 2. The van der Waals surface area contributed by atoms with E-state index in [0.29, 0.717) is 6.41 Å². The number of carbonyl (C=O) groups excluding carboxylic acids is 1. The molecule has 88 valence electrons. The minimum Gasteiger partial charge on any atom is -0.476 e. The third-order valence-electron chi connectivity index (χ3n) is 1.44. The number of hydrogen-bond acceptors (Lipinski definition) is 6. The Morgan fingerprint density at radius 3 is 3.18 bits per heavy atom. The highest BCUT2D eigenvalue weighted by atomic mass is 32.1. The number of aliphatic carboxylic acids is 1. The van der Waals surface area contributed by atoms with Crippen molar-refractivity contribution >= 4 is 34.6 Å². The van der Waals surface area contributed by atoms with Crippen molar-refractivity contribution in [2.24, 2.45) is 5.16 Å². The molecule has 1 aromatic heterocycles. The summed E-state index contributed by atoms with van der Waals surface area (Å²) in [5.41, 5.74) is -0.292. The first-order valence-corrected chi connectivity index (χ1v) is 5.09. The SMILES string of the molecule is C#CCON=C(C(=O)O)c1csc(NC=O)n1. The molecule has 0 radical (unpaired) electrons. The Kier molecular flexibility index (Phi) is 4.65. The van der Waals surface area contributed by atoms with E-state index < -0.39 is 5.97 Å². The van der Waals surface area contributed by atoms with Gasteiger partial charge < -0.3 is 15.3 Å². The Labute approximate surface area is 100 Å². The summed E-state index contributed by atoms with van der Waals surface area (Å²) < 4.78 is 0. The molecule has 0 aliphatic rings. The summed E-state index contributed by atoms with van der Waals surface area (Å²) >= 11 is 1.07. The largest absolute Gasteiger partial charge is 0.476 e.